The first-order chi connectivity index (χ1) is 30.8. The van der Waals surface area contributed by atoms with E-state index in [1.54, 1.807) is 0 Å². The van der Waals surface area contributed by atoms with Crippen LogP contribution in [0.5, 0.6) is 5.75 Å². The molecule has 0 amide bonds. The molecule has 0 aliphatic rings. The van der Waals surface area contributed by atoms with Gasteiger partial charge in [-0.25, -0.2) is 4.79 Å². The van der Waals surface area contributed by atoms with E-state index in [2.05, 4.69) is 25.2 Å². The van der Waals surface area contributed by atoms with E-state index in [0.717, 1.165) is 34.4 Å². The van der Waals surface area contributed by atoms with Crippen LogP contribution in [0.2, 0.25) is 0 Å². The molecule has 12 heteroatoms. The zero-order valence-corrected chi connectivity index (χ0v) is 42.9. The molecule has 65 heavy (non-hydrogen) atoms. The third-order valence-corrected chi connectivity index (χ3v) is 17.9. The number of alkyl halides is 3. The summed E-state index contributed by atoms with van der Waals surface area (Å²) < 4.78 is 68.6. The van der Waals surface area contributed by atoms with Gasteiger partial charge in [-0.1, -0.05) is 220 Å². The van der Waals surface area contributed by atoms with E-state index in [1.807, 2.05) is 91.0 Å². The fraction of sp³-hybridized carbons (Fsp3) is 0.472. The molecule has 5 rings (SSSR count). The Morgan fingerprint density at radius 3 is 1.20 bits per heavy atom. The predicted molar refractivity (Wildman–Crippen MR) is 263 cm³/mol. The predicted octanol–water partition coefficient (Wildman–Crippen LogP) is 15.0. The number of fused-ring (bicyclic) bond motifs is 1. The molecular formula is C53H71EuF3O6P2. The second-order valence-corrected chi connectivity index (χ2v) is 22.8. The van der Waals surface area contributed by atoms with Crippen LogP contribution in [0.25, 0.3) is 11.0 Å². The molecule has 0 aliphatic carbocycles. The smallest absolute Gasteiger partial charge is 0.455 e. The number of Topliss-reactive ketones (excluding diaryl/α,β-unsaturated/α-hetero) is 1. The normalized spacial score (nSPS) is 11.5. The first kappa shape index (κ1) is 58.5. The number of unbranched alkanes of at least 4 members (excludes halogenated alkanes) is 15. The number of hydrogen-bond acceptors (Lipinski definition) is 6. The first-order valence-electron chi connectivity index (χ1n) is 23.5. The van der Waals surface area contributed by atoms with E-state index in [0.29, 0.717) is 0 Å². The van der Waals surface area contributed by atoms with Gasteiger partial charge in [0.05, 0.1) is 12.5 Å². The molecule has 357 valence electrons. The molecule has 1 radical (unpaired) electrons. The average molecular weight is 1080 g/mol. The monoisotopic (exact) mass is 1080 g/mol. The van der Waals surface area contributed by atoms with Gasteiger partial charge in [0.25, 0.3) is 5.78 Å². The minimum absolute atomic E-state index is 0. The number of benzene rings is 4. The number of ketones is 1. The van der Waals surface area contributed by atoms with Gasteiger partial charge in [-0.05, 0) is 31.4 Å². The average Bonchev–Trinajstić information content (AvgIpc) is 3.30. The summed E-state index contributed by atoms with van der Waals surface area (Å²) in [5.74, 6) is -3.45. The molecule has 0 saturated heterocycles. The Morgan fingerprint density at radius 1 is 0.523 bits per heavy atom. The Labute approximate surface area is 427 Å². The summed E-state index contributed by atoms with van der Waals surface area (Å²) in [5.41, 5.74) is -3.02. The van der Waals surface area contributed by atoms with Gasteiger partial charge < -0.3 is 18.7 Å². The summed E-state index contributed by atoms with van der Waals surface area (Å²) in [6.07, 6.45) is 21.6. The molecule has 0 atom stereocenters. The molecule has 0 saturated carbocycles. The van der Waals surface area contributed by atoms with Gasteiger partial charge in [-0.15, -0.1) is 0 Å². The number of carbonyl (C=O) groups is 1. The Kier molecular flexibility index (Phi) is 29.0. The maximum Gasteiger partial charge on any atom is 0.455 e. The van der Waals surface area contributed by atoms with Crippen LogP contribution in [0.1, 0.15) is 147 Å². The summed E-state index contributed by atoms with van der Waals surface area (Å²) in [7, 11) is -4.66. The van der Waals surface area contributed by atoms with Gasteiger partial charge in [-0.2, -0.15) is 13.2 Å². The van der Waals surface area contributed by atoms with Crippen molar-refractivity contribution in [1.82, 2.24) is 0 Å². The number of hydrogen-bond donors (Lipinski definition) is 1. The van der Waals surface area contributed by atoms with Gasteiger partial charge >= 0.3 is 11.8 Å². The second-order valence-electron chi connectivity index (χ2n) is 16.6. The van der Waals surface area contributed by atoms with Crippen molar-refractivity contribution in [3.05, 3.63) is 131 Å². The Balaban J connectivity index is 0.000000338. The van der Waals surface area contributed by atoms with E-state index in [1.165, 1.54) is 140 Å². The summed E-state index contributed by atoms with van der Waals surface area (Å²) >= 11 is 0. The van der Waals surface area contributed by atoms with Crippen LogP contribution in [0.4, 0.5) is 13.2 Å². The maximum atomic E-state index is 13.8. The van der Waals surface area contributed by atoms with Gasteiger partial charge in [0, 0.05) is 83.8 Å². The van der Waals surface area contributed by atoms with Crippen molar-refractivity contribution in [1.29, 1.82) is 0 Å². The van der Waals surface area contributed by atoms with E-state index in [4.69, 9.17) is 0 Å². The Hall–Kier alpha value is -2.61. The number of aromatic hydroxyl groups is 1. The Morgan fingerprint density at radius 2 is 0.846 bits per heavy atom. The molecule has 0 spiro atoms. The molecular weight excluding hydrogens is 1000 g/mol. The molecule has 1 N–H and O–H groups in total. The number of carbonyl (C=O) groups excluding carboxylic acids is 1. The van der Waals surface area contributed by atoms with Crippen molar-refractivity contribution in [3.8, 4) is 5.75 Å². The van der Waals surface area contributed by atoms with Gasteiger partial charge in [0.1, 0.15) is 11.3 Å². The van der Waals surface area contributed by atoms with Crippen molar-refractivity contribution in [2.75, 3.05) is 18.5 Å². The van der Waals surface area contributed by atoms with Crippen molar-refractivity contribution in [3.63, 3.8) is 0 Å². The minimum Gasteiger partial charge on any atom is -0.506 e. The van der Waals surface area contributed by atoms with Crippen molar-refractivity contribution in [2.24, 2.45) is 0 Å². The molecule has 1 heterocycles. The van der Waals surface area contributed by atoms with E-state index < -0.39 is 43.2 Å². The minimum atomic E-state index is -5.26. The molecule has 5 aromatic rings. The van der Waals surface area contributed by atoms with Crippen LogP contribution in [0, 0.1) is 49.4 Å². The summed E-state index contributed by atoms with van der Waals surface area (Å²) in [4.78, 5) is 22.3. The zero-order valence-electron chi connectivity index (χ0n) is 38.7. The Bertz CT molecular complexity index is 2070. The van der Waals surface area contributed by atoms with Gasteiger partial charge in [0.2, 0.25) is 0 Å². The fourth-order valence-corrected chi connectivity index (χ4v) is 13.5. The van der Waals surface area contributed by atoms with Gasteiger partial charge in [-0.3, -0.25) is 4.79 Å². The van der Waals surface area contributed by atoms with Crippen LogP contribution in [0.15, 0.2) is 124 Å². The first-order valence-corrected chi connectivity index (χ1v) is 27.5. The van der Waals surface area contributed by atoms with E-state index in [9.17, 15) is 37.0 Å². The molecule has 6 nitrogen and oxygen atoms in total. The molecule has 4 aromatic carbocycles. The number of rotatable bonds is 25. The van der Waals surface area contributed by atoms with Crippen LogP contribution >= 0.6 is 14.3 Å². The molecule has 0 fully saturated rings. The summed E-state index contributed by atoms with van der Waals surface area (Å²) in [6, 6.07) is 34.6. The largest absolute Gasteiger partial charge is 0.506 e. The zero-order chi connectivity index (χ0) is 46.7. The third kappa shape index (κ3) is 20.3. The topological polar surface area (TPSA) is 102 Å². The summed E-state index contributed by atoms with van der Waals surface area (Å²) in [6.45, 7) is 6.82. The van der Waals surface area contributed by atoms with Crippen LogP contribution in [0.3, 0.4) is 0 Å². The molecule has 0 unspecified atom stereocenters. The molecule has 1 aromatic heterocycles. The van der Waals surface area contributed by atoms with Gasteiger partial charge in [0.15, 0.2) is 12.7 Å². The fourth-order valence-electron chi connectivity index (χ4n) is 7.71. The maximum absolute atomic E-state index is 13.8. The number of halogens is 3. The van der Waals surface area contributed by atoms with E-state index in [-0.39, 0.29) is 60.3 Å². The van der Waals surface area contributed by atoms with Crippen LogP contribution < -0.4 is 21.5 Å². The van der Waals surface area contributed by atoms with Crippen LogP contribution in [-0.4, -0.2) is 35.6 Å². The standard InChI is InChI=1S/C24H51OP.C18H15OP.C11H5F3O4.Eu/c1-4-7-10-13-16-19-22-26(25,23-20-17-14-11-8-5-2)24-21-18-15-12-9-6-3;19-20(16-10-4-1-5-11-16,17-12-6-2-7-13-17)18-14-8-3-9-15-18;12-11(13,14)9(16)7-8(15)5-3-1-2-4-6(5)18-10(7)17;/h4-24H2,1-3H3;1-15H;1-4,15H;. The molecule has 0 bridgehead atoms. The van der Waals surface area contributed by atoms with Crippen molar-refractivity contribution >= 4 is 46.9 Å². The van der Waals surface area contributed by atoms with Crippen LogP contribution in [-0.2, 0) is 9.13 Å². The summed E-state index contributed by atoms with van der Waals surface area (Å²) in [5, 5.41) is 12.1. The second kappa shape index (κ2) is 32.2. The van der Waals surface area contributed by atoms with Crippen molar-refractivity contribution < 1.29 is 86.0 Å². The van der Waals surface area contributed by atoms with Crippen molar-refractivity contribution in [2.45, 2.75) is 143 Å². The number of para-hydroxylation sites is 1. The van der Waals surface area contributed by atoms with E-state index >= 15 is 0 Å². The SMILES string of the molecule is CCCCCCCCP(=O)(CCCCCCCC)CCCCCCCC.O=C(c1c(O)c2ccccc2oc1=O)C(F)(F)F.O=P(c1ccccc1)(c1ccccc1)c1ccccc1.[Eu]. The quantitative estimate of drug-likeness (QED) is 0.0270. The molecule has 0 aliphatic heterocycles. The third-order valence-electron chi connectivity index (χ3n) is 11.4.